The van der Waals surface area contributed by atoms with E-state index in [4.69, 9.17) is 9.52 Å². The van der Waals surface area contributed by atoms with Crippen LogP contribution >= 0.6 is 0 Å². The van der Waals surface area contributed by atoms with Crippen LogP contribution in [0.2, 0.25) is 0 Å². The van der Waals surface area contributed by atoms with Gasteiger partial charge in [-0.25, -0.2) is 4.68 Å². The summed E-state index contributed by atoms with van der Waals surface area (Å²) in [4.78, 5) is 35.9. The molecule has 1 unspecified atom stereocenters. The van der Waals surface area contributed by atoms with E-state index in [1.807, 2.05) is 6.07 Å². The van der Waals surface area contributed by atoms with Gasteiger partial charge in [0.2, 0.25) is 5.91 Å². The van der Waals surface area contributed by atoms with Crippen molar-refractivity contribution in [2.24, 2.45) is 0 Å². The van der Waals surface area contributed by atoms with Crippen LogP contribution in [0.5, 0.6) is 0 Å². The summed E-state index contributed by atoms with van der Waals surface area (Å²) in [5.74, 6) is -1.28. The van der Waals surface area contributed by atoms with E-state index < -0.39 is 17.9 Å². The van der Waals surface area contributed by atoms with Gasteiger partial charge in [-0.1, -0.05) is 18.2 Å². The highest BCUT2D eigenvalue weighted by molar-refractivity contribution is 5.84. The molecule has 0 saturated carbocycles. The van der Waals surface area contributed by atoms with Gasteiger partial charge in [0.1, 0.15) is 12.3 Å². The van der Waals surface area contributed by atoms with Gasteiger partial charge in [-0.2, -0.15) is 5.10 Å². The molecular formula is C18H17N3O5. The first-order valence-corrected chi connectivity index (χ1v) is 7.96. The number of nitrogens with zero attached hydrogens (tertiary/aromatic N) is 2. The third-order valence-electron chi connectivity index (χ3n) is 3.95. The maximum atomic E-state index is 12.5. The van der Waals surface area contributed by atoms with E-state index in [1.54, 1.807) is 37.3 Å². The number of rotatable bonds is 6. The zero-order valence-electron chi connectivity index (χ0n) is 14.0. The Morgan fingerprint density at radius 2 is 1.96 bits per heavy atom. The number of aliphatic carboxylic acids is 1. The molecule has 0 aliphatic heterocycles. The highest BCUT2D eigenvalue weighted by atomic mass is 16.4. The lowest BCUT2D eigenvalue weighted by atomic mass is 10.1. The first kappa shape index (κ1) is 17.4. The van der Waals surface area contributed by atoms with Gasteiger partial charge in [-0.15, -0.1) is 0 Å². The second-order valence-electron chi connectivity index (χ2n) is 5.83. The molecule has 2 N–H and O–H groups in total. The smallest absolute Gasteiger partial charge is 0.305 e. The third kappa shape index (κ3) is 3.64. The van der Waals surface area contributed by atoms with Crippen LogP contribution in [0.1, 0.15) is 23.9 Å². The van der Waals surface area contributed by atoms with Gasteiger partial charge in [-0.05, 0) is 25.1 Å². The number of benzene rings is 1. The van der Waals surface area contributed by atoms with Crippen molar-refractivity contribution in [1.82, 2.24) is 15.1 Å². The maximum Gasteiger partial charge on any atom is 0.305 e. The van der Waals surface area contributed by atoms with Crippen molar-refractivity contribution in [3.05, 3.63) is 64.5 Å². The van der Waals surface area contributed by atoms with E-state index >= 15 is 0 Å². The normalized spacial score (nSPS) is 12.0. The molecule has 26 heavy (non-hydrogen) atoms. The fourth-order valence-corrected chi connectivity index (χ4v) is 2.77. The summed E-state index contributed by atoms with van der Waals surface area (Å²) in [6.07, 6.45) is 1.06. The van der Waals surface area contributed by atoms with Gasteiger partial charge in [0.05, 0.1) is 29.8 Å². The van der Waals surface area contributed by atoms with Crippen LogP contribution in [0.15, 0.2) is 51.9 Å². The van der Waals surface area contributed by atoms with Gasteiger partial charge in [-0.3, -0.25) is 14.4 Å². The molecule has 8 nitrogen and oxygen atoms in total. The average Bonchev–Trinajstić information content (AvgIpc) is 3.13. The number of carboxylic acids is 1. The molecule has 8 heteroatoms. The molecule has 3 aromatic rings. The summed E-state index contributed by atoms with van der Waals surface area (Å²) in [6.45, 7) is 1.44. The maximum absolute atomic E-state index is 12.5. The molecule has 0 radical (unpaired) electrons. The van der Waals surface area contributed by atoms with Crippen molar-refractivity contribution in [3.8, 4) is 0 Å². The molecule has 1 aromatic carbocycles. The van der Waals surface area contributed by atoms with Crippen LogP contribution in [0.3, 0.4) is 0 Å². The number of hydrogen-bond donors (Lipinski definition) is 2. The summed E-state index contributed by atoms with van der Waals surface area (Å²) in [5.41, 5.74) is 0.246. The Balaban J connectivity index is 1.83. The number of carboxylic acid groups (broad SMARTS) is 1. The third-order valence-corrected chi connectivity index (χ3v) is 3.95. The van der Waals surface area contributed by atoms with E-state index in [-0.39, 0.29) is 18.5 Å². The number of fused-ring (bicyclic) bond motifs is 1. The molecule has 0 bridgehead atoms. The number of nitrogens with one attached hydrogen (secondary N) is 1. The minimum Gasteiger partial charge on any atom is -0.481 e. The van der Waals surface area contributed by atoms with Crippen LogP contribution in [0, 0.1) is 6.92 Å². The standard InChI is InChI=1S/C18H17N3O5/c1-11-12-5-2-3-6-13(12)18(25)21(20-11)10-16(22)19-14(9-17(23)24)15-7-4-8-26-15/h2-8,14H,9-10H2,1H3,(H,19,22)(H,23,24). The van der Waals surface area contributed by atoms with Gasteiger partial charge < -0.3 is 14.8 Å². The molecule has 2 heterocycles. The Kier molecular flexibility index (Phi) is 4.83. The Morgan fingerprint density at radius 1 is 1.23 bits per heavy atom. The minimum atomic E-state index is -1.08. The van der Waals surface area contributed by atoms with Crippen LogP contribution in [0.25, 0.3) is 10.8 Å². The number of furan rings is 1. The van der Waals surface area contributed by atoms with Crippen molar-refractivity contribution in [2.75, 3.05) is 0 Å². The number of amides is 1. The monoisotopic (exact) mass is 355 g/mol. The molecule has 3 rings (SSSR count). The van der Waals surface area contributed by atoms with Gasteiger partial charge in [0, 0.05) is 5.39 Å². The average molecular weight is 355 g/mol. The summed E-state index contributed by atoms with van der Waals surface area (Å²) in [6, 6.07) is 9.39. The van der Waals surface area contributed by atoms with Crippen LogP contribution < -0.4 is 10.9 Å². The van der Waals surface area contributed by atoms with E-state index in [0.29, 0.717) is 16.8 Å². The van der Waals surface area contributed by atoms with E-state index in [1.165, 1.54) is 6.26 Å². The highest BCUT2D eigenvalue weighted by Crippen LogP contribution is 2.17. The predicted molar refractivity (Wildman–Crippen MR) is 92.6 cm³/mol. The zero-order valence-corrected chi connectivity index (χ0v) is 14.0. The van der Waals surface area contributed by atoms with Gasteiger partial charge in [0.15, 0.2) is 0 Å². The molecule has 2 aromatic heterocycles. The van der Waals surface area contributed by atoms with E-state index in [9.17, 15) is 14.4 Å². The molecule has 134 valence electrons. The lowest BCUT2D eigenvalue weighted by Crippen LogP contribution is -2.36. The summed E-state index contributed by atoms with van der Waals surface area (Å²) in [5, 5.41) is 17.0. The highest BCUT2D eigenvalue weighted by Gasteiger charge is 2.21. The van der Waals surface area contributed by atoms with Crippen molar-refractivity contribution in [3.63, 3.8) is 0 Å². The summed E-state index contributed by atoms with van der Waals surface area (Å²) < 4.78 is 6.26. The summed E-state index contributed by atoms with van der Waals surface area (Å²) in [7, 11) is 0. The Bertz CT molecular complexity index is 1010. The number of hydrogen-bond acceptors (Lipinski definition) is 5. The van der Waals surface area contributed by atoms with Crippen molar-refractivity contribution >= 4 is 22.6 Å². The second-order valence-corrected chi connectivity index (χ2v) is 5.83. The lowest BCUT2D eigenvalue weighted by Gasteiger charge is -2.15. The fraction of sp³-hybridized carbons (Fsp3) is 0.222. The largest absolute Gasteiger partial charge is 0.481 e. The molecule has 0 saturated heterocycles. The predicted octanol–water partition coefficient (Wildman–Crippen LogP) is 1.63. The second kappa shape index (κ2) is 7.22. The van der Waals surface area contributed by atoms with E-state index in [2.05, 4.69) is 10.4 Å². The SMILES string of the molecule is Cc1nn(CC(=O)NC(CC(=O)O)c2ccco2)c(=O)c2ccccc12. The number of aromatic nitrogens is 2. The fourth-order valence-electron chi connectivity index (χ4n) is 2.77. The Morgan fingerprint density at radius 3 is 2.62 bits per heavy atom. The quantitative estimate of drug-likeness (QED) is 0.694. The molecule has 1 atom stereocenters. The number of carbonyl (C=O) groups is 2. The first-order chi connectivity index (χ1) is 12.5. The van der Waals surface area contributed by atoms with Crippen molar-refractivity contribution in [2.45, 2.75) is 25.9 Å². The van der Waals surface area contributed by atoms with Crippen molar-refractivity contribution in [1.29, 1.82) is 0 Å². The van der Waals surface area contributed by atoms with Crippen LogP contribution in [0.4, 0.5) is 0 Å². The molecular weight excluding hydrogens is 338 g/mol. The first-order valence-electron chi connectivity index (χ1n) is 7.96. The van der Waals surface area contributed by atoms with E-state index in [0.717, 1.165) is 10.1 Å². The van der Waals surface area contributed by atoms with Gasteiger partial charge >= 0.3 is 5.97 Å². The molecule has 0 aliphatic rings. The molecule has 0 spiro atoms. The van der Waals surface area contributed by atoms with Crippen LogP contribution in [-0.2, 0) is 16.1 Å². The van der Waals surface area contributed by atoms with Crippen molar-refractivity contribution < 1.29 is 19.1 Å². The Hall–Kier alpha value is -3.42. The molecule has 1 amide bonds. The number of carbonyl (C=O) groups excluding carboxylic acids is 1. The molecule has 0 aliphatic carbocycles. The van der Waals surface area contributed by atoms with Crippen LogP contribution in [-0.4, -0.2) is 26.8 Å². The van der Waals surface area contributed by atoms with Gasteiger partial charge in [0.25, 0.3) is 5.56 Å². The zero-order chi connectivity index (χ0) is 18.7. The minimum absolute atomic E-state index is 0.318. The lowest BCUT2D eigenvalue weighted by molar-refractivity contribution is -0.138. The topological polar surface area (TPSA) is 114 Å². The number of aryl methyl sites for hydroxylation is 1. The molecule has 0 fully saturated rings. The summed E-state index contributed by atoms with van der Waals surface area (Å²) >= 11 is 0. The Labute approximate surface area is 148 Å².